The molecule has 1 aliphatic rings. The van der Waals surface area contributed by atoms with Crippen molar-refractivity contribution in [2.24, 2.45) is 0 Å². The molecule has 1 aromatic carbocycles. The standard InChI is InChI=1S/C13H14BrN3O/c14-9-3-4-11-12(17-10-7-15-16-8-10)2-1-5-18-13(11)6-9/h3-4,6-8,12,17H,1-2,5H2,(H,15,16). The highest BCUT2D eigenvalue weighted by Gasteiger charge is 2.20. The van der Waals surface area contributed by atoms with Crippen LogP contribution in [0.2, 0.25) is 0 Å². The number of hydrogen-bond acceptors (Lipinski definition) is 3. The van der Waals surface area contributed by atoms with Crippen LogP contribution in [0.4, 0.5) is 5.69 Å². The Morgan fingerprint density at radius 1 is 1.44 bits per heavy atom. The zero-order valence-electron chi connectivity index (χ0n) is 9.82. The van der Waals surface area contributed by atoms with Crippen LogP contribution in [-0.4, -0.2) is 16.8 Å². The maximum Gasteiger partial charge on any atom is 0.125 e. The zero-order chi connectivity index (χ0) is 12.4. The number of halogens is 1. The van der Waals surface area contributed by atoms with E-state index < -0.39 is 0 Å². The van der Waals surface area contributed by atoms with Crippen LogP contribution in [-0.2, 0) is 0 Å². The second-order valence-electron chi connectivity index (χ2n) is 4.36. The number of hydrogen-bond donors (Lipinski definition) is 2. The summed E-state index contributed by atoms with van der Waals surface area (Å²) < 4.78 is 6.83. The third-order valence-corrected chi connectivity index (χ3v) is 3.58. The van der Waals surface area contributed by atoms with Crippen molar-refractivity contribution in [1.82, 2.24) is 10.2 Å². The highest BCUT2D eigenvalue weighted by molar-refractivity contribution is 9.10. The molecule has 4 nitrogen and oxygen atoms in total. The smallest absolute Gasteiger partial charge is 0.125 e. The number of anilines is 1. The van der Waals surface area contributed by atoms with E-state index in [0.29, 0.717) is 0 Å². The number of fused-ring (bicyclic) bond motifs is 1. The fourth-order valence-electron chi connectivity index (χ4n) is 2.23. The van der Waals surface area contributed by atoms with E-state index in [1.807, 2.05) is 12.3 Å². The lowest BCUT2D eigenvalue weighted by molar-refractivity contribution is 0.316. The van der Waals surface area contributed by atoms with Gasteiger partial charge in [0, 0.05) is 16.2 Å². The fourth-order valence-corrected chi connectivity index (χ4v) is 2.57. The Hall–Kier alpha value is -1.49. The third kappa shape index (κ3) is 2.36. The summed E-state index contributed by atoms with van der Waals surface area (Å²) in [5.74, 6) is 0.961. The second-order valence-corrected chi connectivity index (χ2v) is 5.27. The van der Waals surface area contributed by atoms with Gasteiger partial charge in [-0.3, -0.25) is 5.10 Å². The van der Waals surface area contributed by atoms with Gasteiger partial charge in [0.1, 0.15) is 5.75 Å². The van der Waals surface area contributed by atoms with Crippen molar-refractivity contribution >= 4 is 21.6 Å². The van der Waals surface area contributed by atoms with E-state index in [9.17, 15) is 0 Å². The Morgan fingerprint density at radius 3 is 3.22 bits per heavy atom. The van der Waals surface area contributed by atoms with Crippen molar-refractivity contribution in [2.45, 2.75) is 18.9 Å². The lowest BCUT2D eigenvalue weighted by Crippen LogP contribution is -2.09. The van der Waals surface area contributed by atoms with Crippen LogP contribution < -0.4 is 10.1 Å². The number of aromatic amines is 1. The minimum absolute atomic E-state index is 0.271. The van der Waals surface area contributed by atoms with E-state index in [1.54, 1.807) is 6.20 Å². The van der Waals surface area contributed by atoms with E-state index in [1.165, 1.54) is 5.56 Å². The summed E-state index contributed by atoms with van der Waals surface area (Å²) >= 11 is 3.48. The third-order valence-electron chi connectivity index (χ3n) is 3.08. The summed E-state index contributed by atoms with van der Waals surface area (Å²) in [7, 11) is 0. The Bertz CT molecular complexity index is 527. The molecule has 0 amide bonds. The summed E-state index contributed by atoms with van der Waals surface area (Å²) in [6.45, 7) is 0.771. The van der Waals surface area contributed by atoms with Crippen LogP contribution in [0.15, 0.2) is 35.1 Å². The second kappa shape index (κ2) is 5.02. The van der Waals surface area contributed by atoms with Crippen LogP contribution in [0.25, 0.3) is 0 Å². The summed E-state index contributed by atoms with van der Waals surface area (Å²) in [5, 5.41) is 10.3. The maximum atomic E-state index is 5.79. The molecule has 2 N–H and O–H groups in total. The van der Waals surface area contributed by atoms with Gasteiger partial charge in [-0.1, -0.05) is 22.0 Å². The Kier molecular flexibility index (Phi) is 3.23. The number of ether oxygens (including phenoxy) is 1. The molecule has 2 heterocycles. The van der Waals surface area contributed by atoms with Crippen molar-refractivity contribution < 1.29 is 4.74 Å². The Morgan fingerprint density at radius 2 is 2.39 bits per heavy atom. The molecule has 0 bridgehead atoms. The Labute approximate surface area is 114 Å². The molecule has 5 heteroatoms. The number of nitrogens with one attached hydrogen (secondary N) is 2. The number of benzene rings is 1. The van der Waals surface area contributed by atoms with Crippen LogP contribution in [0.1, 0.15) is 24.4 Å². The number of aromatic nitrogens is 2. The van der Waals surface area contributed by atoms with Crippen molar-refractivity contribution in [3.63, 3.8) is 0 Å². The summed E-state index contributed by atoms with van der Waals surface area (Å²) in [6, 6.07) is 6.47. The topological polar surface area (TPSA) is 49.9 Å². The predicted octanol–water partition coefficient (Wildman–Crippen LogP) is 3.50. The molecule has 3 rings (SSSR count). The predicted molar refractivity (Wildman–Crippen MR) is 73.8 cm³/mol. The van der Waals surface area contributed by atoms with Crippen molar-refractivity contribution in [3.05, 3.63) is 40.6 Å². The highest BCUT2D eigenvalue weighted by Crippen LogP contribution is 2.35. The molecule has 0 saturated heterocycles. The van der Waals surface area contributed by atoms with Gasteiger partial charge in [0.25, 0.3) is 0 Å². The first-order chi connectivity index (χ1) is 8.83. The fraction of sp³-hybridized carbons (Fsp3) is 0.308. The molecule has 0 fully saturated rings. The molecule has 1 aromatic heterocycles. The normalized spacial score (nSPS) is 18.6. The van der Waals surface area contributed by atoms with Crippen LogP contribution in [0.5, 0.6) is 5.75 Å². The summed E-state index contributed by atoms with van der Waals surface area (Å²) in [5.41, 5.74) is 2.22. The molecule has 1 atom stereocenters. The average molecular weight is 308 g/mol. The van der Waals surface area contributed by atoms with Gasteiger partial charge in [0.15, 0.2) is 0 Å². The molecule has 1 aliphatic heterocycles. The van der Waals surface area contributed by atoms with Crippen LogP contribution in [0.3, 0.4) is 0 Å². The van der Waals surface area contributed by atoms with Gasteiger partial charge in [0.05, 0.1) is 24.5 Å². The van der Waals surface area contributed by atoms with Crippen molar-refractivity contribution in [3.8, 4) is 5.75 Å². The number of H-pyrrole nitrogens is 1. The van der Waals surface area contributed by atoms with Gasteiger partial charge in [-0.2, -0.15) is 5.10 Å². The molecule has 2 aromatic rings. The van der Waals surface area contributed by atoms with E-state index >= 15 is 0 Å². The van der Waals surface area contributed by atoms with Crippen molar-refractivity contribution in [1.29, 1.82) is 0 Å². The van der Waals surface area contributed by atoms with E-state index in [0.717, 1.165) is 35.4 Å². The number of nitrogens with zero attached hydrogens (tertiary/aromatic N) is 1. The first kappa shape index (κ1) is 11.6. The van der Waals surface area contributed by atoms with Crippen molar-refractivity contribution in [2.75, 3.05) is 11.9 Å². The molecular formula is C13H14BrN3O. The average Bonchev–Trinajstić information content (AvgIpc) is 2.79. The summed E-state index contributed by atoms with van der Waals surface area (Å²) in [4.78, 5) is 0. The maximum absolute atomic E-state index is 5.79. The minimum Gasteiger partial charge on any atom is -0.493 e. The van der Waals surface area contributed by atoms with Gasteiger partial charge in [0.2, 0.25) is 0 Å². The van der Waals surface area contributed by atoms with Gasteiger partial charge in [-0.25, -0.2) is 0 Å². The van der Waals surface area contributed by atoms with E-state index in [-0.39, 0.29) is 6.04 Å². The first-order valence-electron chi connectivity index (χ1n) is 6.00. The molecular weight excluding hydrogens is 294 g/mol. The zero-order valence-corrected chi connectivity index (χ0v) is 11.4. The monoisotopic (exact) mass is 307 g/mol. The minimum atomic E-state index is 0.271. The lowest BCUT2D eigenvalue weighted by atomic mass is 10.0. The molecule has 1 unspecified atom stereocenters. The van der Waals surface area contributed by atoms with Crippen LogP contribution in [0, 0.1) is 0 Å². The lowest BCUT2D eigenvalue weighted by Gasteiger charge is -2.18. The highest BCUT2D eigenvalue weighted by atomic mass is 79.9. The molecule has 94 valence electrons. The van der Waals surface area contributed by atoms with Gasteiger partial charge >= 0.3 is 0 Å². The summed E-state index contributed by atoms with van der Waals surface area (Å²) in [6.07, 6.45) is 5.76. The molecule has 0 aliphatic carbocycles. The van der Waals surface area contributed by atoms with Gasteiger partial charge in [-0.15, -0.1) is 0 Å². The largest absolute Gasteiger partial charge is 0.493 e. The first-order valence-corrected chi connectivity index (χ1v) is 6.80. The quantitative estimate of drug-likeness (QED) is 0.893. The van der Waals surface area contributed by atoms with E-state index in [2.05, 4.69) is 43.6 Å². The van der Waals surface area contributed by atoms with Gasteiger partial charge < -0.3 is 10.1 Å². The molecule has 18 heavy (non-hydrogen) atoms. The number of rotatable bonds is 2. The molecule has 0 radical (unpaired) electrons. The Balaban J connectivity index is 1.91. The van der Waals surface area contributed by atoms with Crippen LogP contribution >= 0.6 is 15.9 Å². The van der Waals surface area contributed by atoms with E-state index in [4.69, 9.17) is 4.74 Å². The van der Waals surface area contributed by atoms with Gasteiger partial charge in [-0.05, 0) is 25.0 Å². The molecule has 0 saturated carbocycles. The SMILES string of the molecule is Brc1ccc2c(c1)OCCCC2Nc1cn[nH]c1. The molecule has 0 spiro atoms.